The molecule has 1 aromatic rings. The van der Waals surface area contributed by atoms with Gasteiger partial charge in [-0.3, -0.25) is 24.2 Å². The van der Waals surface area contributed by atoms with Crippen molar-refractivity contribution in [3.05, 3.63) is 18.2 Å². The number of guanidine groups is 1. The molecular formula is C22H37N9O7. The van der Waals surface area contributed by atoms with E-state index in [2.05, 4.69) is 30.9 Å². The zero-order valence-electron chi connectivity index (χ0n) is 21.3. The number of aromatic amines is 1. The average Bonchev–Trinajstić information content (AvgIpc) is 3.32. The number of hydrogen-bond donors (Lipinski definition) is 9. The molecule has 212 valence electrons. The maximum absolute atomic E-state index is 13.1. The summed E-state index contributed by atoms with van der Waals surface area (Å²) in [6.45, 7) is 3.77. The third kappa shape index (κ3) is 12.2. The Hall–Kier alpha value is -4.21. The minimum absolute atomic E-state index is 0.0786. The van der Waals surface area contributed by atoms with Crippen molar-refractivity contribution in [2.45, 2.75) is 70.1 Å². The molecule has 12 N–H and O–H groups in total. The van der Waals surface area contributed by atoms with Gasteiger partial charge in [0, 0.05) is 24.9 Å². The lowest BCUT2D eigenvalue weighted by Gasteiger charge is -2.24. The van der Waals surface area contributed by atoms with Crippen LogP contribution in [0.4, 0.5) is 0 Å². The third-order valence-electron chi connectivity index (χ3n) is 5.25. The van der Waals surface area contributed by atoms with Crippen LogP contribution in [0.1, 0.15) is 45.2 Å². The van der Waals surface area contributed by atoms with Gasteiger partial charge in [0.15, 0.2) is 5.96 Å². The first-order chi connectivity index (χ1) is 17.8. The highest BCUT2D eigenvalue weighted by atomic mass is 16.4. The Morgan fingerprint density at radius 3 is 2.13 bits per heavy atom. The quantitative estimate of drug-likeness (QED) is 0.0561. The Balaban J connectivity index is 3.00. The van der Waals surface area contributed by atoms with E-state index < -0.39 is 60.2 Å². The Morgan fingerprint density at radius 1 is 1.00 bits per heavy atom. The fraction of sp³-hybridized carbons (Fsp3) is 0.591. The van der Waals surface area contributed by atoms with Gasteiger partial charge in [-0.15, -0.1) is 0 Å². The summed E-state index contributed by atoms with van der Waals surface area (Å²) in [5.74, 6) is -5.42. The first-order valence-electron chi connectivity index (χ1n) is 11.9. The van der Waals surface area contributed by atoms with Crippen molar-refractivity contribution < 1.29 is 34.2 Å². The van der Waals surface area contributed by atoms with Crippen molar-refractivity contribution in [1.82, 2.24) is 25.9 Å². The van der Waals surface area contributed by atoms with Crippen LogP contribution in [0.3, 0.4) is 0 Å². The van der Waals surface area contributed by atoms with Gasteiger partial charge in [-0.25, -0.2) is 9.78 Å². The molecule has 16 nitrogen and oxygen atoms in total. The summed E-state index contributed by atoms with van der Waals surface area (Å²) in [7, 11) is 0. The van der Waals surface area contributed by atoms with Crippen molar-refractivity contribution in [3.63, 3.8) is 0 Å². The van der Waals surface area contributed by atoms with Crippen LogP contribution in [-0.4, -0.2) is 86.5 Å². The maximum atomic E-state index is 13.1. The molecule has 16 heteroatoms. The highest BCUT2D eigenvalue weighted by Gasteiger charge is 2.32. The molecule has 4 unspecified atom stereocenters. The topological polar surface area (TPSA) is 281 Å². The SMILES string of the molecule is CC(C)CC(NC(=O)C(CC(=O)O)NC(=O)C(Cc1cnc[nH]1)NC(=O)C(N)CCCN=C(N)N)C(=O)O. The first kappa shape index (κ1) is 31.8. The summed E-state index contributed by atoms with van der Waals surface area (Å²) >= 11 is 0. The molecular weight excluding hydrogens is 502 g/mol. The summed E-state index contributed by atoms with van der Waals surface area (Å²) in [4.78, 5) is 71.9. The second kappa shape index (κ2) is 15.8. The molecule has 0 aromatic carbocycles. The van der Waals surface area contributed by atoms with Crippen LogP contribution in [0.25, 0.3) is 0 Å². The Labute approximate surface area is 219 Å². The van der Waals surface area contributed by atoms with Crippen LogP contribution < -0.4 is 33.2 Å². The zero-order valence-corrected chi connectivity index (χ0v) is 21.3. The molecule has 0 bridgehead atoms. The van der Waals surface area contributed by atoms with E-state index in [0.717, 1.165) is 0 Å². The predicted octanol–water partition coefficient (Wildman–Crippen LogP) is -2.61. The van der Waals surface area contributed by atoms with Crippen LogP contribution in [0.5, 0.6) is 0 Å². The lowest BCUT2D eigenvalue weighted by molar-refractivity contribution is -0.144. The lowest BCUT2D eigenvalue weighted by Crippen LogP contribution is -2.58. The van der Waals surface area contributed by atoms with Gasteiger partial charge in [-0.2, -0.15) is 0 Å². The second-order valence-corrected chi connectivity index (χ2v) is 9.09. The minimum atomic E-state index is -1.61. The molecule has 1 rings (SSSR count). The molecule has 0 saturated carbocycles. The van der Waals surface area contributed by atoms with Gasteiger partial charge >= 0.3 is 11.9 Å². The van der Waals surface area contributed by atoms with Gasteiger partial charge in [0.05, 0.1) is 18.8 Å². The zero-order chi connectivity index (χ0) is 28.8. The molecule has 0 radical (unpaired) electrons. The molecule has 0 saturated heterocycles. The van der Waals surface area contributed by atoms with Gasteiger partial charge in [0.1, 0.15) is 18.1 Å². The van der Waals surface area contributed by atoms with Crippen molar-refractivity contribution >= 4 is 35.6 Å². The van der Waals surface area contributed by atoms with E-state index >= 15 is 0 Å². The van der Waals surface area contributed by atoms with E-state index in [1.807, 2.05) is 0 Å². The molecule has 0 aliphatic rings. The Kier molecular flexibility index (Phi) is 13.2. The fourth-order valence-electron chi connectivity index (χ4n) is 3.38. The Morgan fingerprint density at radius 2 is 1.61 bits per heavy atom. The number of nitrogens with two attached hydrogens (primary N) is 3. The van der Waals surface area contributed by atoms with E-state index in [-0.39, 0.29) is 37.7 Å². The minimum Gasteiger partial charge on any atom is -0.481 e. The largest absolute Gasteiger partial charge is 0.481 e. The number of nitrogens with zero attached hydrogens (tertiary/aromatic N) is 2. The molecule has 38 heavy (non-hydrogen) atoms. The van der Waals surface area contributed by atoms with E-state index in [1.165, 1.54) is 12.5 Å². The number of nitrogens with one attached hydrogen (secondary N) is 4. The fourth-order valence-corrected chi connectivity index (χ4v) is 3.38. The molecule has 1 heterocycles. The number of aromatic nitrogens is 2. The van der Waals surface area contributed by atoms with Crippen molar-refractivity contribution in [1.29, 1.82) is 0 Å². The number of hydrogen-bond acceptors (Lipinski definition) is 8. The summed E-state index contributed by atoms with van der Waals surface area (Å²) in [6, 6.07) is -5.16. The van der Waals surface area contributed by atoms with E-state index in [0.29, 0.717) is 12.1 Å². The monoisotopic (exact) mass is 539 g/mol. The van der Waals surface area contributed by atoms with E-state index in [4.69, 9.17) is 17.2 Å². The summed E-state index contributed by atoms with van der Waals surface area (Å²) in [5, 5.41) is 25.7. The maximum Gasteiger partial charge on any atom is 0.326 e. The number of aliphatic carboxylic acids is 2. The number of H-pyrrole nitrogens is 1. The molecule has 1 aromatic heterocycles. The number of amides is 3. The number of carbonyl (C=O) groups is 5. The van der Waals surface area contributed by atoms with Crippen LogP contribution in [0.15, 0.2) is 17.5 Å². The number of carboxylic acid groups (broad SMARTS) is 2. The van der Waals surface area contributed by atoms with Gasteiger partial charge in [-0.1, -0.05) is 13.8 Å². The first-order valence-corrected chi connectivity index (χ1v) is 11.9. The number of imidazole rings is 1. The number of carboxylic acids is 2. The molecule has 0 spiro atoms. The van der Waals surface area contributed by atoms with E-state index in [1.54, 1.807) is 13.8 Å². The lowest BCUT2D eigenvalue weighted by atomic mass is 10.0. The van der Waals surface area contributed by atoms with Gasteiger partial charge < -0.3 is 48.3 Å². The standard InChI is InChI=1S/C22H37N9O7/c1-11(2)6-16(21(37)38)31-20(36)15(8-17(32)33)30-19(35)14(7-12-9-26-10-28-12)29-18(34)13(23)4-3-5-27-22(24)25/h9-11,13-16H,3-8,23H2,1-2H3,(H,26,28)(H,29,34)(H,30,35)(H,31,36)(H,32,33)(H,37,38)(H4,24,25,27). The van der Waals surface area contributed by atoms with Gasteiger partial charge in [0.2, 0.25) is 17.7 Å². The van der Waals surface area contributed by atoms with Crippen LogP contribution in [0.2, 0.25) is 0 Å². The van der Waals surface area contributed by atoms with Gasteiger partial charge in [-0.05, 0) is 25.2 Å². The highest BCUT2D eigenvalue weighted by molar-refractivity contribution is 5.95. The second-order valence-electron chi connectivity index (χ2n) is 9.09. The normalized spacial score (nSPS) is 14.0. The van der Waals surface area contributed by atoms with Crippen molar-refractivity contribution in [2.24, 2.45) is 28.1 Å². The molecule has 0 aliphatic heterocycles. The smallest absolute Gasteiger partial charge is 0.326 e. The third-order valence-corrected chi connectivity index (χ3v) is 5.25. The molecule has 3 amide bonds. The number of carbonyl (C=O) groups excluding carboxylic acids is 3. The van der Waals surface area contributed by atoms with Crippen molar-refractivity contribution in [3.8, 4) is 0 Å². The average molecular weight is 540 g/mol. The van der Waals surface area contributed by atoms with E-state index in [9.17, 15) is 34.2 Å². The van der Waals surface area contributed by atoms with Gasteiger partial charge in [0.25, 0.3) is 0 Å². The summed E-state index contributed by atoms with van der Waals surface area (Å²) in [5.41, 5.74) is 16.9. The van der Waals surface area contributed by atoms with Crippen LogP contribution in [-0.2, 0) is 30.4 Å². The highest BCUT2D eigenvalue weighted by Crippen LogP contribution is 2.07. The summed E-state index contributed by atoms with van der Waals surface area (Å²) < 4.78 is 0. The number of rotatable bonds is 17. The molecule has 0 aliphatic carbocycles. The Bertz CT molecular complexity index is 978. The molecule has 0 fully saturated rings. The molecule has 4 atom stereocenters. The predicted molar refractivity (Wildman–Crippen MR) is 135 cm³/mol. The number of aliphatic imine (C=N–C) groups is 1. The summed E-state index contributed by atoms with van der Waals surface area (Å²) in [6.07, 6.45) is 2.58. The van der Waals surface area contributed by atoms with Crippen LogP contribution in [0, 0.1) is 5.92 Å². The van der Waals surface area contributed by atoms with Crippen molar-refractivity contribution in [2.75, 3.05) is 6.54 Å². The van der Waals surface area contributed by atoms with Crippen LogP contribution >= 0.6 is 0 Å².